The first kappa shape index (κ1) is 23.1. The summed E-state index contributed by atoms with van der Waals surface area (Å²) in [5.41, 5.74) is 0.464. The molecule has 0 atom stereocenters. The van der Waals surface area contributed by atoms with Crippen LogP contribution in [0.25, 0.3) is 0 Å². The first-order valence-corrected chi connectivity index (χ1v) is 10.9. The second kappa shape index (κ2) is 11.7. The van der Waals surface area contributed by atoms with E-state index in [1.54, 1.807) is 30.4 Å². The third kappa shape index (κ3) is 6.95. The summed E-state index contributed by atoms with van der Waals surface area (Å²) < 4.78 is 0. The molecule has 2 rings (SSSR count). The van der Waals surface area contributed by atoms with Crippen LogP contribution >= 0.6 is 0 Å². The van der Waals surface area contributed by atoms with Crippen LogP contribution in [0, 0.1) is 11.8 Å². The highest BCUT2D eigenvalue weighted by atomic mass is 16.3. The van der Waals surface area contributed by atoms with Gasteiger partial charge in [0.05, 0.1) is 5.57 Å². The van der Waals surface area contributed by atoms with Gasteiger partial charge in [0.1, 0.15) is 0 Å². The van der Waals surface area contributed by atoms with Crippen molar-refractivity contribution in [1.82, 2.24) is 0 Å². The molecule has 2 aliphatic carbocycles. The van der Waals surface area contributed by atoms with Crippen LogP contribution in [0.4, 0.5) is 0 Å². The van der Waals surface area contributed by atoms with Crippen LogP contribution in [-0.4, -0.2) is 17.3 Å². The SMILES string of the molecule is CC(=O)C(=CC=CC=C/C(C(C)=O)=C(\[O-])C1CCCCC1)C(=O)C1CCCCC1. The van der Waals surface area contributed by atoms with Gasteiger partial charge >= 0.3 is 0 Å². The Labute approximate surface area is 174 Å². The molecule has 2 fully saturated rings. The normalized spacial score (nSPS) is 20.8. The largest absolute Gasteiger partial charge is 0.875 e. The van der Waals surface area contributed by atoms with Crippen molar-refractivity contribution in [3.05, 3.63) is 47.3 Å². The molecule has 0 unspecified atom stereocenters. The third-order valence-corrected chi connectivity index (χ3v) is 5.99. The van der Waals surface area contributed by atoms with Gasteiger partial charge in [0.2, 0.25) is 0 Å². The number of Topliss-reactive ketones (excluding diaryl/α,β-unsaturated/α-hetero) is 3. The van der Waals surface area contributed by atoms with E-state index in [-0.39, 0.29) is 46.1 Å². The van der Waals surface area contributed by atoms with Crippen molar-refractivity contribution < 1.29 is 19.5 Å². The molecule has 0 spiro atoms. The van der Waals surface area contributed by atoms with Crippen molar-refractivity contribution >= 4 is 17.3 Å². The van der Waals surface area contributed by atoms with Gasteiger partial charge in [-0.2, -0.15) is 0 Å². The van der Waals surface area contributed by atoms with E-state index >= 15 is 0 Å². The Hall–Kier alpha value is -2.23. The lowest BCUT2D eigenvalue weighted by Crippen LogP contribution is -2.22. The molecule has 0 aromatic carbocycles. The molecule has 4 heteroatoms. The predicted octanol–water partition coefficient (Wildman–Crippen LogP) is 4.55. The molecule has 0 amide bonds. The maximum Gasteiger partial charge on any atom is 0.169 e. The zero-order valence-corrected chi connectivity index (χ0v) is 17.7. The van der Waals surface area contributed by atoms with Gasteiger partial charge in [-0.15, -0.1) is 5.76 Å². The van der Waals surface area contributed by atoms with Gasteiger partial charge in [-0.3, -0.25) is 14.4 Å². The maximum atomic E-state index is 12.6. The van der Waals surface area contributed by atoms with Crippen molar-refractivity contribution in [2.24, 2.45) is 11.8 Å². The molecule has 0 aromatic heterocycles. The van der Waals surface area contributed by atoms with Crippen LogP contribution in [0.2, 0.25) is 0 Å². The van der Waals surface area contributed by atoms with Gasteiger partial charge in [0.25, 0.3) is 0 Å². The Kier molecular flexibility index (Phi) is 9.30. The molecular formula is C25H33O4-. The molecule has 2 saturated carbocycles. The van der Waals surface area contributed by atoms with Gasteiger partial charge < -0.3 is 5.11 Å². The topological polar surface area (TPSA) is 74.3 Å². The van der Waals surface area contributed by atoms with Crippen molar-refractivity contribution in [2.45, 2.75) is 78.1 Å². The van der Waals surface area contributed by atoms with E-state index in [0.29, 0.717) is 0 Å². The molecule has 0 N–H and O–H groups in total. The van der Waals surface area contributed by atoms with Crippen LogP contribution in [0.3, 0.4) is 0 Å². The number of allylic oxidation sites excluding steroid dienone is 8. The van der Waals surface area contributed by atoms with Crippen LogP contribution in [0.15, 0.2) is 47.3 Å². The molecule has 0 heterocycles. The molecule has 29 heavy (non-hydrogen) atoms. The Morgan fingerprint density at radius 3 is 1.79 bits per heavy atom. The van der Waals surface area contributed by atoms with E-state index in [1.807, 2.05) is 0 Å². The zero-order chi connectivity index (χ0) is 21.2. The predicted molar refractivity (Wildman–Crippen MR) is 113 cm³/mol. The van der Waals surface area contributed by atoms with Gasteiger partial charge in [0.15, 0.2) is 17.3 Å². The van der Waals surface area contributed by atoms with E-state index in [2.05, 4.69) is 0 Å². The van der Waals surface area contributed by atoms with Gasteiger partial charge in [-0.25, -0.2) is 0 Å². The Morgan fingerprint density at radius 1 is 0.724 bits per heavy atom. The van der Waals surface area contributed by atoms with Crippen molar-refractivity contribution in [3.8, 4) is 0 Å². The summed E-state index contributed by atoms with van der Waals surface area (Å²) in [6.07, 6.45) is 17.9. The lowest BCUT2D eigenvalue weighted by molar-refractivity contribution is -0.317. The molecule has 2 aliphatic rings. The molecule has 0 saturated heterocycles. The number of rotatable bonds is 8. The Morgan fingerprint density at radius 2 is 1.28 bits per heavy atom. The molecule has 158 valence electrons. The van der Waals surface area contributed by atoms with Crippen LogP contribution in [0.1, 0.15) is 78.1 Å². The van der Waals surface area contributed by atoms with E-state index < -0.39 is 0 Å². The van der Waals surface area contributed by atoms with Gasteiger partial charge in [0, 0.05) is 11.5 Å². The summed E-state index contributed by atoms with van der Waals surface area (Å²) in [5, 5.41) is 12.6. The monoisotopic (exact) mass is 397 g/mol. The zero-order valence-electron chi connectivity index (χ0n) is 17.7. The fourth-order valence-corrected chi connectivity index (χ4v) is 4.28. The van der Waals surface area contributed by atoms with Crippen LogP contribution in [0.5, 0.6) is 0 Å². The highest BCUT2D eigenvalue weighted by Gasteiger charge is 2.25. The van der Waals surface area contributed by atoms with E-state index in [4.69, 9.17) is 0 Å². The molecule has 4 nitrogen and oxygen atoms in total. The number of hydrogen-bond donors (Lipinski definition) is 0. The number of carbonyl (C=O) groups is 3. The molecular weight excluding hydrogens is 364 g/mol. The summed E-state index contributed by atoms with van der Waals surface area (Å²) in [7, 11) is 0. The molecule has 0 aliphatic heterocycles. The minimum Gasteiger partial charge on any atom is -0.875 e. The molecule has 0 radical (unpaired) electrons. The summed E-state index contributed by atoms with van der Waals surface area (Å²) in [6.45, 7) is 2.83. The molecule has 0 aromatic rings. The lowest BCUT2D eigenvalue weighted by atomic mass is 9.83. The average Bonchev–Trinajstić information content (AvgIpc) is 2.73. The standard InChI is InChI=1S/C25H34O4/c1-18(26)22(24(28)20-12-6-3-7-13-20)16-10-5-11-17-23(19(2)27)25(29)21-14-8-4-9-15-21/h5,10-11,16-17,20-21,28H,3-4,6-9,12-15H2,1-2H3/p-1/b11-5?,16-10?,23-17?,24-22+. The second-order valence-corrected chi connectivity index (χ2v) is 8.25. The fourth-order valence-electron chi connectivity index (χ4n) is 4.28. The van der Waals surface area contributed by atoms with Crippen molar-refractivity contribution in [3.63, 3.8) is 0 Å². The quantitative estimate of drug-likeness (QED) is 0.198. The summed E-state index contributed by atoms with van der Waals surface area (Å²) in [6, 6.07) is 0. The summed E-state index contributed by atoms with van der Waals surface area (Å²) >= 11 is 0. The first-order valence-electron chi connectivity index (χ1n) is 10.9. The van der Waals surface area contributed by atoms with Gasteiger partial charge in [-0.1, -0.05) is 62.8 Å². The van der Waals surface area contributed by atoms with Crippen molar-refractivity contribution in [2.75, 3.05) is 0 Å². The second-order valence-electron chi connectivity index (χ2n) is 8.25. The Bertz CT molecular complexity index is 724. The number of hydrogen-bond acceptors (Lipinski definition) is 4. The number of ketones is 3. The van der Waals surface area contributed by atoms with E-state index in [0.717, 1.165) is 64.2 Å². The minimum atomic E-state index is -0.224. The minimum absolute atomic E-state index is 0.0476. The highest BCUT2D eigenvalue weighted by molar-refractivity contribution is 6.20. The summed E-state index contributed by atoms with van der Waals surface area (Å²) in [5.74, 6) is -0.666. The van der Waals surface area contributed by atoms with Gasteiger partial charge in [-0.05, 0) is 51.5 Å². The maximum absolute atomic E-state index is 12.6. The lowest BCUT2D eigenvalue weighted by Gasteiger charge is -2.29. The average molecular weight is 398 g/mol. The van der Waals surface area contributed by atoms with Crippen LogP contribution in [-0.2, 0) is 14.4 Å². The number of carbonyl (C=O) groups excluding carboxylic acids is 3. The van der Waals surface area contributed by atoms with E-state index in [1.165, 1.54) is 13.8 Å². The first-order chi connectivity index (χ1) is 13.9. The Balaban J connectivity index is 2.09. The third-order valence-electron chi connectivity index (χ3n) is 5.99. The van der Waals surface area contributed by atoms with E-state index in [9.17, 15) is 19.5 Å². The fraction of sp³-hybridized carbons (Fsp3) is 0.560. The highest BCUT2D eigenvalue weighted by Crippen LogP contribution is 2.29. The van der Waals surface area contributed by atoms with Crippen molar-refractivity contribution in [1.29, 1.82) is 0 Å². The smallest absolute Gasteiger partial charge is 0.169 e. The molecule has 0 bridgehead atoms. The van der Waals surface area contributed by atoms with Crippen LogP contribution < -0.4 is 5.11 Å². The summed E-state index contributed by atoms with van der Waals surface area (Å²) in [4.78, 5) is 36.5.